The van der Waals surface area contributed by atoms with Crippen molar-refractivity contribution in [3.63, 3.8) is 0 Å². The first-order valence-corrected chi connectivity index (χ1v) is 5.78. The minimum Gasteiger partial charge on any atom is -0.353 e. The van der Waals surface area contributed by atoms with Crippen molar-refractivity contribution < 1.29 is 18.0 Å². The van der Waals surface area contributed by atoms with Gasteiger partial charge in [-0.15, -0.1) is 0 Å². The van der Waals surface area contributed by atoms with Gasteiger partial charge < -0.3 is 5.32 Å². The summed E-state index contributed by atoms with van der Waals surface area (Å²) >= 11 is 0. The Morgan fingerprint density at radius 1 is 1.39 bits per heavy atom. The smallest absolute Gasteiger partial charge is 0.353 e. The topological polar surface area (TPSA) is 29.1 Å². The number of alkyl halides is 3. The zero-order chi connectivity index (χ0) is 13.8. The number of rotatable bonds is 4. The summed E-state index contributed by atoms with van der Waals surface area (Å²) in [6.45, 7) is 3.50. The van der Waals surface area contributed by atoms with Crippen LogP contribution in [0.5, 0.6) is 0 Å². The van der Waals surface area contributed by atoms with E-state index in [1.54, 1.807) is 19.9 Å². The predicted octanol–water partition coefficient (Wildman–Crippen LogP) is 3.16. The standard InChI is InChI=1S/C13H16F3NO/c1-3-12(18)17-9(2)7-10-5-4-6-11(8-10)13(14,15)16/h4-6,8-9H,3,7H2,1-2H3,(H,17,18). The van der Waals surface area contributed by atoms with Gasteiger partial charge in [-0.2, -0.15) is 13.2 Å². The summed E-state index contributed by atoms with van der Waals surface area (Å²) in [5.74, 6) is -0.102. The summed E-state index contributed by atoms with van der Waals surface area (Å²) in [5.41, 5.74) is -0.0947. The van der Waals surface area contributed by atoms with Crippen LogP contribution in [0, 0.1) is 0 Å². The number of hydrogen-bond acceptors (Lipinski definition) is 1. The molecule has 5 heteroatoms. The molecule has 1 rings (SSSR count). The molecule has 0 bridgehead atoms. The van der Waals surface area contributed by atoms with Gasteiger partial charge in [-0.3, -0.25) is 4.79 Å². The Morgan fingerprint density at radius 2 is 2.06 bits per heavy atom. The lowest BCUT2D eigenvalue weighted by molar-refractivity contribution is -0.137. The molecule has 0 spiro atoms. The highest BCUT2D eigenvalue weighted by Crippen LogP contribution is 2.29. The fourth-order valence-corrected chi connectivity index (χ4v) is 1.66. The first-order chi connectivity index (χ1) is 8.32. The Bertz CT molecular complexity index is 415. The average Bonchev–Trinajstić information content (AvgIpc) is 2.27. The molecule has 0 fully saturated rings. The van der Waals surface area contributed by atoms with E-state index < -0.39 is 11.7 Å². The molecule has 18 heavy (non-hydrogen) atoms. The maximum Gasteiger partial charge on any atom is 0.416 e. The molecule has 0 aromatic heterocycles. The molecule has 0 aliphatic rings. The van der Waals surface area contributed by atoms with E-state index in [1.165, 1.54) is 6.07 Å². The van der Waals surface area contributed by atoms with Gasteiger partial charge in [-0.05, 0) is 25.0 Å². The van der Waals surface area contributed by atoms with Crippen LogP contribution < -0.4 is 5.32 Å². The van der Waals surface area contributed by atoms with Gasteiger partial charge >= 0.3 is 6.18 Å². The van der Waals surface area contributed by atoms with E-state index in [0.29, 0.717) is 18.4 Å². The Hall–Kier alpha value is -1.52. The van der Waals surface area contributed by atoms with Crippen LogP contribution in [0.3, 0.4) is 0 Å². The van der Waals surface area contributed by atoms with Crippen molar-refractivity contribution in [2.24, 2.45) is 0 Å². The highest BCUT2D eigenvalue weighted by Gasteiger charge is 2.30. The van der Waals surface area contributed by atoms with Crippen molar-refractivity contribution in [2.45, 2.75) is 38.9 Å². The van der Waals surface area contributed by atoms with Crippen LogP contribution >= 0.6 is 0 Å². The first-order valence-electron chi connectivity index (χ1n) is 5.78. The zero-order valence-electron chi connectivity index (χ0n) is 10.3. The summed E-state index contributed by atoms with van der Waals surface area (Å²) in [5, 5.41) is 2.72. The second-order valence-electron chi connectivity index (χ2n) is 4.22. The number of carbonyl (C=O) groups excluding carboxylic acids is 1. The Morgan fingerprint density at radius 3 is 2.61 bits per heavy atom. The third-order valence-corrected chi connectivity index (χ3v) is 2.52. The van der Waals surface area contributed by atoms with E-state index >= 15 is 0 Å². The van der Waals surface area contributed by atoms with E-state index in [9.17, 15) is 18.0 Å². The number of nitrogens with one attached hydrogen (secondary N) is 1. The number of amides is 1. The van der Waals surface area contributed by atoms with Gasteiger partial charge in [0, 0.05) is 12.5 Å². The first kappa shape index (κ1) is 14.5. The molecule has 2 nitrogen and oxygen atoms in total. The average molecular weight is 259 g/mol. The molecule has 1 N–H and O–H groups in total. The van der Waals surface area contributed by atoms with Crippen molar-refractivity contribution >= 4 is 5.91 Å². The Balaban J connectivity index is 2.71. The molecule has 0 radical (unpaired) electrons. The fraction of sp³-hybridized carbons (Fsp3) is 0.462. The van der Waals surface area contributed by atoms with Crippen molar-refractivity contribution in [3.8, 4) is 0 Å². The van der Waals surface area contributed by atoms with Crippen molar-refractivity contribution in [1.29, 1.82) is 0 Å². The monoisotopic (exact) mass is 259 g/mol. The molecule has 0 saturated carbocycles. The van der Waals surface area contributed by atoms with E-state index in [1.807, 2.05) is 0 Å². The van der Waals surface area contributed by atoms with Gasteiger partial charge in [0.15, 0.2) is 0 Å². The molecular formula is C13H16F3NO. The van der Waals surface area contributed by atoms with E-state index in [-0.39, 0.29) is 11.9 Å². The lowest BCUT2D eigenvalue weighted by Gasteiger charge is -2.14. The second-order valence-corrected chi connectivity index (χ2v) is 4.22. The molecule has 0 saturated heterocycles. The molecule has 0 heterocycles. The maximum atomic E-state index is 12.5. The summed E-state index contributed by atoms with van der Waals surface area (Å²) in [6.07, 6.45) is -3.57. The summed E-state index contributed by atoms with van der Waals surface area (Å²) in [4.78, 5) is 11.1. The molecular weight excluding hydrogens is 243 g/mol. The molecule has 100 valence electrons. The predicted molar refractivity (Wildman–Crippen MR) is 63.0 cm³/mol. The van der Waals surface area contributed by atoms with Gasteiger partial charge in [-0.1, -0.05) is 25.1 Å². The van der Waals surface area contributed by atoms with Crippen LogP contribution in [-0.4, -0.2) is 11.9 Å². The van der Waals surface area contributed by atoms with Crippen LogP contribution in [0.1, 0.15) is 31.4 Å². The highest BCUT2D eigenvalue weighted by molar-refractivity contribution is 5.75. The van der Waals surface area contributed by atoms with Gasteiger partial charge in [0.1, 0.15) is 0 Å². The van der Waals surface area contributed by atoms with Gasteiger partial charge in [0.25, 0.3) is 0 Å². The third kappa shape index (κ3) is 4.39. The van der Waals surface area contributed by atoms with Crippen LogP contribution in [0.4, 0.5) is 13.2 Å². The Kier molecular flexibility index (Phi) is 4.76. The molecule has 1 aromatic carbocycles. The second kappa shape index (κ2) is 5.89. The van der Waals surface area contributed by atoms with Crippen molar-refractivity contribution in [3.05, 3.63) is 35.4 Å². The molecule has 1 aromatic rings. The van der Waals surface area contributed by atoms with Crippen LogP contribution in [0.2, 0.25) is 0 Å². The third-order valence-electron chi connectivity index (χ3n) is 2.52. The van der Waals surface area contributed by atoms with Crippen molar-refractivity contribution in [2.75, 3.05) is 0 Å². The van der Waals surface area contributed by atoms with Crippen molar-refractivity contribution in [1.82, 2.24) is 5.32 Å². The van der Waals surface area contributed by atoms with Crippen LogP contribution in [0.25, 0.3) is 0 Å². The van der Waals surface area contributed by atoms with Gasteiger partial charge in [0.05, 0.1) is 5.56 Å². The van der Waals surface area contributed by atoms with E-state index in [4.69, 9.17) is 0 Å². The normalized spacial score (nSPS) is 13.2. The van der Waals surface area contributed by atoms with Gasteiger partial charge in [0.2, 0.25) is 5.91 Å². The molecule has 0 aliphatic carbocycles. The summed E-state index contributed by atoms with van der Waals surface area (Å²) < 4.78 is 37.5. The van der Waals surface area contributed by atoms with E-state index in [2.05, 4.69) is 5.32 Å². The lowest BCUT2D eigenvalue weighted by Crippen LogP contribution is -2.33. The fourth-order valence-electron chi connectivity index (χ4n) is 1.66. The van der Waals surface area contributed by atoms with Crippen LogP contribution in [0.15, 0.2) is 24.3 Å². The number of carbonyl (C=O) groups is 1. The zero-order valence-corrected chi connectivity index (χ0v) is 10.3. The molecule has 1 unspecified atom stereocenters. The minimum atomic E-state index is -4.33. The largest absolute Gasteiger partial charge is 0.416 e. The SMILES string of the molecule is CCC(=O)NC(C)Cc1cccc(C(F)(F)F)c1. The Labute approximate surface area is 104 Å². The minimum absolute atomic E-state index is 0.102. The number of hydrogen-bond donors (Lipinski definition) is 1. The van der Waals surface area contributed by atoms with E-state index in [0.717, 1.165) is 12.1 Å². The molecule has 1 atom stereocenters. The van der Waals surface area contributed by atoms with Crippen LogP contribution in [-0.2, 0) is 17.4 Å². The lowest BCUT2D eigenvalue weighted by atomic mass is 10.0. The summed E-state index contributed by atoms with van der Waals surface area (Å²) in [7, 11) is 0. The van der Waals surface area contributed by atoms with Gasteiger partial charge in [-0.25, -0.2) is 0 Å². The highest BCUT2D eigenvalue weighted by atomic mass is 19.4. The quantitative estimate of drug-likeness (QED) is 0.884. The molecule has 1 amide bonds. The number of benzene rings is 1. The summed E-state index contributed by atoms with van der Waals surface area (Å²) in [6, 6.07) is 4.99. The molecule has 0 aliphatic heterocycles. The maximum absolute atomic E-state index is 12.5. The number of halogens is 3.